The fraction of sp³-hybridized carbons (Fsp3) is 0.556. The van der Waals surface area contributed by atoms with Gasteiger partial charge in [0, 0.05) is 25.6 Å². The minimum atomic E-state index is -4.45. The minimum absolute atomic E-state index is 0.0560. The van der Waals surface area contributed by atoms with Gasteiger partial charge in [0.1, 0.15) is 6.54 Å². The van der Waals surface area contributed by atoms with Crippen molar-refractivity contribution in [2.75, 3.05) is 13.1 Å². The summed E-state index contributed by atoms with van der Waals surface area (Å²) in [7, 11) is 0. The van der Waals surface area contributed by atoms with Crippen molar-refractivity contribution in [1.82, 2.24) is 9.80 Å². The third-order valence-electron chi connectivity index (χ3n) is 4.54. The lowest BCUT2D eigenvalue weighted by Gasteiger charge is -2.31. The first-order valence-electron chi connectivity index (χ1n) is 8.40. The van der Waals surface area contributed by atoms with Crippen LogP contribution in [0.3, 0.4) is 0 Å². The monoisotopic (exact) mass is 356 g/mol. The molecule has 1 heterocycles. The van der Waals surface area contributed by atoms with Crippen LogP contribution in [-0.4, -0.2) is 46.9 Å². The van der Waals surface area contributed by atoms with Gasteiger partial charge in [0.05, 0.1) is 5.92 Å². The van der Waals surface area contributed by atoms with Crippen molar-refractivity contribution in [2.24, 2.45) is 5.92 Å². The Morgan fingerprint density at radius 2 is 1.96 bits per heavy atom. The summed E-state index contributed by atoms with van der Waals surface area (Å²) in [6, 6.07) is 9.37. The highest BCUT2D eigenvalue weighted by molar-refractivity contribution is 5.89. The van der Waals surface area contributed by atoms with Crippen molar-refractivity contribution in [3.8, 4) is 0 Å². The van der Waals surface area contributed by atoms with E-state index in [-0.39, 0.29) is 24.9 Å². The molecule has 2 unspecified atom stereocenters. The maximum atomic E-state index is 12.9. The number of amides is 2. The molecule has 0 bridgehead atoms. The number of nitrogens with zero attached hydrogens (tertiary/aromatic N) is 2. The van der Waals surface area contributed by atoms with Crippen LogP contribution in [0.2, 0.25) is 0 Å². The zero-order valence-corrected chi connectivity index (χ0v) is 14.4. The van der Waals surface area contributed by atoms with Gasteiger partial charge in [-0.3, -0.25) is 9.59 Å². The fourth-order valence-electron chi connectivity index (χ4n) is 2.99. The fourth-order valence-corrected chi connectivity index (χ4v) is 2.99. The normalized spacial score (nSPS) is 19.2. The maximum Gasteiger partial charge on any atom is 0.406 e. The molecule has 0 saturated carbocycles. The van der Waals surface area contributed by atoms with E-state index in [1.807, 2.05) is 44.2 Å². The second-order valence-corrected chi connectivity index (χ2v) is 6.50. The Labute approximate surface area is 145 Å². The summed E-state index contributed by atoms with van der Waals surface area (Å²) in [5.74, 6) is -1.58. The van der Waals surface area contributed by atoms with Crippen LogP contribution < -0.4 is 0 Å². The average molecular weight is 356 g/mol. The average Bonchev–Trinajstić information content (AvgIpc) is 2.91. The van der Waals surface area contributed by atoms with Crippen LogP contribution in [0.15, 0.2) is 30.3 Å². The zero-order valence-electron chi connectivity index (χ0n) is 14.4. The number of likely N-dealkylation sites (tertiary alicyclic amines) is 1. The van der Waals surface area contributed by atoms with Crippen LogP contribution in [0.5, 0.6) is 0 Å². The van der Waals surface area contributed by atoms with Gasteiger partial charge in [0.2, 0.25) is 11.8 Å². The highest BCUT2D eigenvalue weighted by atomic mass is 19.4. The molecular formula is C18H23F3N2O2. The number of carbonyl (C=O) groups is 2. The quantitative estimate of drug-likeness (QED) is 0.785. The first kappa shape index (κ1) is 19.3. The minimum Gasteiger partial charge on any atom is -0.335 e. The number of alkyl halides is 3. The van der Waals surface area contributed by atoms with E-state index in [1.54, 1.807) is 4.90 Å². The van der Waals surface area contributed by atoms with Gasteiger partial charge in [-0.2, -0.15) is 13.2 Å². The second-order valence-electron chi connectivity index (χ2n) is 6.50. The van der Waals surface area contributed by atoms with E-state index in [1.165, 1.54) is 0 Å². The molecule has 4 nitrogen and oxygen atoms in total. The Kier molecular flexibility index (Phi) is 6.08. The van der Waals surface area contributed by atoms with Gasteiger partial charge >= 0.3 is 6.18 Å². The third-order valence-corrected chi connectivity index (χ3v) is 4.54. The number of rotatable bonds is 6. The molecule has 25 heavy (non-hydrogen) atoms. The van der Waals surface area contributed by atoms with Gasteiger partial charge in [-0.05, 0) is 18.9 Å². The standard InChI is InChI=1S/C18H23F3N2O2/c1-3-13(2)23(10-14-7-5-4-6-8-14)17(25)15-9-16(24)22(11-15)12-18(19,20)21/h4-8,13,15H,3,9-12H2,1-2H3. The summed E-state index contributed by atoms with van der Waals surface area (Å²) in [4.78, 5) is 27.1. The van der Waals surface area contributed by atoms with Crippen molar-refractivity contribution in [2.45, 2.75) is 45.5 Å². The number of halogens is 3. The summed E-state index contributed by atoms with van der Waals surface area (Å²) in [5, 5.41) is 0. The first-order chi connectivity index (χ1) is 11.7. The molecule has 0 aliphatic carbocycles. The largest absolute Gasteiger partial charge is 0.406 e. The molecule has 138 valence electrons. The topological polar surface area (TPSA) is 40.6 Å². The number of benzene rings is 1. The molecule has 1 aliphatic heterocycles. The SMILES string of the molecule is CCC(C)N(Cc1ccccc1)C(=O)C1CC(=O)N(CC(F)(F)F)C1. The van der Waals surface area contributed by atoms with E-state index < -0.39 is 24.5 Å². The van der Waals surface area contributed by atoms with Crippen molar-refractivity contribution in [3.05, 3.63) is 35.9 Å². The highest BCUT2D eigenvalue weighted by Gasteiger charge is 2.42. The van der Waals surface area contributed by atoms with Crippen LogP contribution in [0.4, 0.5) is 13.2 Å². The van der Waals surface area contributed by atoms with Gasteiger partial charge in [-0.15, -0.1) is 0 Å². The van der Waals surface area contributed by atoms with Crippen LogP contribution in [0.1, 0.15) is 32.3 Å². The molecule has 2 atom stereocenters. The predicted molar refractivity (Wildman–Crippen MR) is 87.5 cm³/mol. The molecule has 1 aromatic rings. The number of carbonyl (C=O) groups excluding carboxylic acids is 2. The van der Waals surface area contributed by atoms with Gasteiger partial charge in [0.25, 0.3) is 0 Å². The van der Waals surface area contributed by atoms with E-state index in [2.05, 4.69) is 0 Å². The van der Waals surface area contributed by atoms with Gasteiger partial charge in [0.15, 0.2) is 0 Å². The van der Waals surface area contributed by atoms with Crippen LogP contribution in [-0.2, 0) is 16.1 Å². The zero-order chi connectivity index (χ0) is 18.6. The van der Waals surface area contributed by atoms with E-state index in [4.69, 9.17) is 0 Å². The van der Waals surface area contributed by atoms with E-state index in [0.29, 0.717) is 6.54 Å². The molecule has 0 aromatic heterocycles. The van der Waals surface area contributed by atoms with Gasteiger partial charge < -0.3 is 9.80 Å². The lowest BCUT2D eigenvalue weighted by Crippen LogP contribution is -2.42. The molecule has 1 fully saturated rings. The second kappa shape index (κ2) is 7.89. The molecule has 1 saturated heterocycles. The molecule has 2 amide bonds. The van der Waals surface area contributed by atoms with Crippen LogP contribution in [0.25, 0.3) is 0 Å². The Balaban J connectivity index is 2.10. The van der Waals surface area contributed by atoms with E-state index in [0.717, 1.165) is 16.9 Å². The summed E-state index contributed by atoms with van der Waals surface area (Å²) in [5.41, 5.74) is 0.952. The van der Waals surface area contributed by atoms with Crippen molar-refractivity contribution in [3.63, 3.8) is 0 Å². The molecule has 0 spiro atoms. The molecule has 1 aromatic carbocycles. The number of hydrogen-bond acceptors (Lipinski definition) is 2. The van der Waals surface area contributed by atoms with Gasteiger partial charge in [-0.25, -0.2) is 0 Å². The van der Waals surface area contributed by atoms with Crippen molar-refractivity contribution < 1.29 is 22.8 Å². The summed E-state index contributed by atoms with van der Waals surface area (Å²) < 4.78 is 37.6. The first-order valence-corrected chi connectivity index (χ1v) is 8.40. The Morgan fingerprint density at radius 3 is 2.52 bits per heavy atom. The van der Waals surface area contributed by atoms with E-state index in [9.17, 15) is 22.8 Å². The third kappa shape index (κ3) is 5.21. The van der Waals surface area contributed by atoms with Crippen LogP contribution >= 0.6 is 0 Å². The van der Waals surface area contributed by atoms with Crippen molar-refractivity contribution >= 4 is 11.8 Å². The smallest absolute Gasteiger partial charge is 0.335 e. The molecule has 0 radical (unpaired) electrons. The Morgan fingerprint density at radius 1 is 1.32 bits per heavy atom. The summed E-state index contributed by atoms with van der Waals surface area (Å²) >= 11 is 0. The Hall–Kier alpha value is -2.05. The molecule has 1 aliphatic rings. The van der Waals surface area contributed by atoms with Gasteiger partial charge in [-0.1, -0.05) is 37.3 Å². The Bertz CT molecular complexity index is 604. The lowest BCUT2D eigenvalue weighted by atomic mass is 10.0. The van der Waals surface area contributed by atoms with E-state index >= 15 is 0 Å². The van der Waals surface area contributed by atoms with Crippen LogP contribution in [0, 0.1) is 5.92 Å². The lowest BCUT2D eigenvalue weighted by molar-refractivity contribution is -0.157. The molecule has 0 N–H and O–H groups in total. The molecule has 7 heteroatoms. The van der Waals surface area contributed by atoms with Crippen molar-refractivity contribution in [1.29, 1.82) is 0 Å². The summed E-state index contributed by atoms with van der Waals surface area (Å²) in [6.45, 7) is 2.78. The highest BCUT2D eigenvalue weighted by Crippen LogP contribution is 2.26. The number of hydrogen-bond donors (Lipinski definition) is 0. The molecule has 2 rings (SSSR count). The predicted octanol–water partition coefficient (Wildman–Crippen LogP) is 3.22. The molecular weight excluding hydrogens is 333 g/mol. The summed E-state index contributed by atoms with van der Waals surface area (Å²) in [6.07, 6.45) is -3.88. The maximum absolute atomic E-state index is 12.9.